The van der Waals surface area contributed by atoms with Crippen LogP contribution in [0.25, 0.3) is 10.9 Å². The Labute approximate surface area is 140 Å². The molecule has 1 aromatic carbocycles. The van der Waals surface area contributed by atoms with Gasteiger partial charge >= 0.3 is 0 Å². The molecule has 1 saturated carbocycles. The molecule has 2 heterocycles. The van der Waals surface area contributed by atoms with Crippen molar-refractivity contribution in [2.75, 3.05) is 0 Å². The van der Waals surface area contributed by atoms with Crippen molar-refractivity contribution >= 4 is 22.5 Å². The molecule has 1 aromatic heterocycles. The second kappa shape index (κ2) is 5.48. The van der Waals surface area contributed by atoms with Crippen LogP contribution in [-0.4, -0.2) is 4.98 Å². The van der Waals surface area contributed by atoms with Crippen molar-refractivity contribution in [3.8, 4) is 5.75 Å². The Morgan fingerprint density at radius 2 is 2.13 bits per heavy atom. The van der Waals surface area contributed by atoms with Gasteiger partial charge in [-0.1, -0.05) is 24.9 Å². The van der Waals surface area contributed by atoms with Crippen LogP contribution in [0, 0.1) is 5.82 Å². The second-order valence-electron chi connectivity index (χ2n) is 6.51. The third-order valence-electron chi connectivity index (χ3n) is 5.17. The van der Waals surface area contributed by atoms with Crippen LogP contribution in [-0.2, 0) is 6.42 Å². The summed E-state index contributed by atoms with van der Waals surface area (Å²) in [5.41, 5.74) is 4.22. The first-order chi connectivity index (χ1) is 11.1. The third kappa shape index (κ3) is 2.33. The highest BCUT2D eigenvalue weighted by molar-refractivity contribution is 6.31. The van der Waals surface area contributed by atoms with Gasteiger partial charge in [0, 0.05) is 29.4 Å². The number of hydrogen-bond acceptors (Lipinski definition) is 2. The lowest BCUT2D eigenvalue weighted by Crippen LogP contribution is -2.18. The molecule has 0 bridgehead atoms. The van der Waals surface area contributed by atoms with Gasteiger partial charge in [0.2, 0.25) is 0 Å². The number of benzene rings is 1. The molecule has 0 saturated heterocycles. The summed E-state index contributed by atoms with van der Waals surface area (Å²) in [6.07, 6.45) is 5.40. The van der Waals surface area contributed by atoms with Gasteiger partial charge in [-0.05, 0) is 37.8 Å². The van der Waals surface area contributed by atoms with E-state index in [1.165, 1.54) is 23.6 Å². The van der Waals surface area contributed by atoms with Crippen molar-refractivity contribution in [1.29, 1.82) is 0 Å². The number of pyridine rings is 1. The van der Waals surface area contributed by atoms with Crippen LogP contribution >= 0.6 is 11.6 Å². The van der Waals surface area contributed by atoms with Crippen molar-refractivity contribution in [3.63, 3.8) is 0 Å². The van der Waals surface area contributed by atoms with E-state index in [-0.39, 0.29) is 5.02 Å². The third-order valence-corrected chi connectivity index (χ3v) is 5.46. The van der Waals surface area contributed by atoms with E-state index in [4.69, 9.17) is 21.3 Å². The summed E-state index contributed by atoms with van der Waals surface area (Å²) in [6, 6.07) is 3.07. The molecule has 23 heavy (non-hydrogen) atoms. The molecule has 120 valence electrons. The van der Waals surface area contributed by atoms with Crippen LogP contribution in [0.15, 0.2) is 23.5 Å². The zero-order valence-corrected chi connectivity index (χ0v) is 14.1. The molecule has 2 aliphatic rings. The van der Waals surface area contributed by atoms with Crippen molar-refractivity contribution in [2.24, 2.45) is 0 Å². The van der Waals surface area contributed by atoms with Gasteiger partial charge in [-0.3, -0.25) is 4.98 Å². The van der Waals surface area contributed by atoms with E-state index in [0.717, 1.165) is 48.3 Å². The molecular weight excluding hydrogens is 313 g/mol. The number of fused-ring (bicyclic) bond motifs is 3. The van der Waals surface area contributed by atoms with Crippen molar-refractivity contribution in [1.82, 2.24) is 4.98 Å². The molecule has 4 rings (SSSR count). The van der Waals surface area contributed by atoms with E-state index in [0.29, 0.717) is 11.4 Å². The van der Waals surface area contributed by atoms with Crippen molar-refractivity contribution < 1.29 is 9.13 Å². The molecule has 0 unspecified atom stereocenters. The Bertz CT molecular complexity index is 839. The Hall–Kier alpha value is -1.61. The number of aromatic nitrogens is 1. The number of allylic oxidation sites excluding steroid dienone is 2. The molecule has 2 aromatic rings. The average molecular weight is 332 g/mol. The normalized spacial score (nSPS) is 17.9. The van der Waals surface area contributed by atoms with Crippen LogP contribution < -0.4 is 4.74 Å². The summed E-state index contributed by atoms with van der Waals surface area (Å²) in [4.78, 5) is 4.80. The molecule has 0 atom stereocenters. The zero-order chi connectivity index (χ0) is 16.1. The van der Waals surface area contributed by atoms with Crippen LogP contribution in [0.4, 0.5) is 4.39 Å². The first-order valence-corrected chi connectivity index (χ1v) is 8.64. The smallest absolute Gasteiger partial charge is 0.143 e. The van der Waals surface area contributed by atoms with E-state index in [9.17, 15) is 4.39 Å². The van der Waals surface area contributed by atoms with Gasteiger partial charge in [0.1, 0.15) is 17.3 Å². The maximum absolute atomic E-state index is 13.9. The summed E-state index contributed by atoms with van der Waals surface area (Å²) >= 11 is 5.99. The molecule has 1 aliphatic heterocycles. The van der Waals surface area contributed by atoms with Gasteiger partial charge in [0.25, 0.3) is 0 Å². The van der Waals surface area contributed by atoms with Crippen molar-refractivity contribution in [3.05, 3.63) is 45.6 Å². The van der Waals surface area contributed by atoms with Gasteiger partial charge in [-0.15, -0.1) is 0 Å². The van der Waals surface area contributed by atoms with Gasteiger partial charge < -0.3 is 4.74 Å². The number of halogens is 2. The highest BCUT2D eigenvalue weighted by Crippen LogP contribution is 2.45. The number of rotatable bonds is 2. The quantitative estimate of drug-likeness (QED) is 0.682. The van der Waals surface area contributed by atoms with E-state index in [1.54, 1.807) is 6.07 Å². The zero-order valence-electron chi connectivity index (χ0n) is 13.4. The molecule has 1 fully saturated rings. The standard InChI is InChI=1S/C19H19ClFNO/c1-3-11-7-14-18(12-5-4-6-12)22-17-9-16(21)15(20)8-13(17)19(14)23-10(11)2/h8-9,12H,3-7H2,1-2H3. The predicted octanol–water partition coefficient (Wildman–Crippen LogP) is 5.91. The molecular formula is C19H19ClFNO. The fraction of sp³-hybridized carbons (Fsp3) is 0.421. The first-order valence-electron chi connectivity index (χ1n) is 8.26. The van der Waals surface area contributed by atoms with E-state index in [2.05, 4.69) is 6.92 Å². The van der Waals surface area contributed by atoms with Crippen LogP contribution in [0.1, 0.15) is 56.7 Å². The SMILES string of the molecule is CCC1=C(C)Oc2c(c(C3CCC3)nc3cc(F)c(Cl)cc23)C1. The van der Waals surface area contributed by atoms with Crippen LogP contribution in [0.3, 0.4) is 0 Å². The lowest BCUT2D eigenvalue weighted by atomic mass is 9.79. The maximum Gasteiger partial charge on any atom is 0.143 e. The van der Waals surface area contributed by atoms with Gasteiger partial charge in [0.05, 0.1) is 16.2 Å². The predicted molar refractivity (Wildman–Crippen MR) is 90.6 cm³/mol. The Balaban J connectivity index is 1.98. The minimum Gasteiger partial charge on any atom is -0.461 e. The van der Waals surface area contributed by atoms with Crippen LogP contribution in [0.5, 0.6) is 5.75 Å². The first kappa shape index (κ1) is 14.9. The minimum atomic E-state index is -0.427. The number of ether oxygens (including phenoxy) is 1. The van der Waals surface area contributed by atoms with Gasteiger partial charge in [0.15, 0.2) is 0 Å². The maximum atomic E-state index is 13.9. The molecule has 0 amide bonds. The molecule has 1 aliphatic carbocycles. The summed E-state index contributed by atoms with van der Waals surface area (Å²) in [6.45, 7) is 4.15. The van der Waals surface area contributed by atoms with E-state index in [1.807, 2.05) is 6.92 Å². The van der Waals surface area contributed by atoms with E-state index < -0.39 is 5.82 Å². The average Bonchev–Trinajstić information content (AvgIpc) is 2.47. The Kier molecular flexibility index (Phi) is 3.56. The summed E-state index contributed by atoms with van der Waals surface area (Å²) < 4.78 is 20.0. The summed E-state index contributed by atoms with van der Waals surface area (Å²) in [5.74, 6) is 1.83. The Morgan fingerprint density at radius 3 is 2.78 bits per heavy atom. The molecule has 0 radical (unpaired) electrons. The van der Waals surface area contributed by atoms with Crippen LogP contribution in [0.2, 0.25) is 5.02 Å². The Morgan fingerprint density at radius 1 is 1.35 bits per heavy atom. The topological polar surface area (TPSA) is 22.1 Å². The lowest BCUT2D eigenvalue weighted by Gasteiger charge is -2.31. The highest BCUT2D eigenvalue weighted by Gasteiger charge is 2.30. The van der Waals surface area contributed by atoms with Gasteiger partial charge in [-0.25, -0.2) is 4.39 Å². The summed E-state index contributed by atoms with van der Waals surface area (Å²) in [5, 5.41) is 0.924. The molecule has 2 nitrogen and oxygen atoms in total. The van der Waals surface area contributed by atoms with Gasteiger partial charge in [-0.2, -0.15) is 0 Å². The van der Waals surface area contributed by atoms with Crippen molar-refractivity contribution in [2.45, 2.75) is 51.9 Å². The number of hydrogen-bond donors (Lipinski definition) is 0. The second-order valence-corrected chi connectivity index (χ2v) is 6.92. The monoisotopic (exact) mass is 331 g/mol. The van der Waals surface area contributed by atoms with E-state index >= 15 is 0 Å². The highest BCUT2D eigenvalue weighted by atomic mass is 35.5. The molecule has 0 N–H and O–H groups in total. The lowest BCUT2D eigenvalue weighted by molar-refractivity contribution is 0.385. The largest absolute Gasteiger partial charge is 0.461 e. The molecule has 0 spiro atoms. The fourth-order valence-electron chi connectivity index (χ4n) is 3.53. The number of nitrogens with zero attached hydrogens (tertiary/aromatic N) is 1. The summed E-state index contributed by atoms with van der Waals surface area (Å²) in [7, 11) is 0. The molecule has 4 heteroatoms. The fourth-order valence-corrected chi connectivity index (χ4v) is 3.69. The minimum absolute atomic E-state index is 0.115.